The second kappa shape index (κ2) is 4.94. The molecule has 0 bridgehead atoms. The Morgan fingerprint density at radius 2 is 2.38 bits per heavy atom. The number of ether oxygens (including phenoxy) is 1. The molecule has 5 nitrogen and oxygen atoms in total. The van der Waals surface area contributed by atoms with Crippen molar-refractivity contribution in [2.75, 3.05) is 20.3 Å². The number of carbonyl (C=O) groups is 2. The fraction of sp³-hybridized carbons (Fsp3) is 0.750. The highest BCUT2D eigenvalue weighted by atomic mass is 16.5. The Hall–Kier alpha value is -0.940. The molecule has 5 heteroatoms. The van der Waals surface area contributed by atoms with E-state index in [4.69, 9.17) is 4.74 Å². The van der Waals surface area contributed by atoms with Gasteiger partial charge in [0.15, 0.2) is 0 Å². The monoisotopic (exact) mass is 186 g/mol. The molecule has 74 valence electrons. The number of hydrogen-bond acceptors (Lipinski definition) is 4. The summed E-state index contributed by atoms with van der Waals surface area (Å²) >= 11 is 0. The number of imide groups is 1. The maximum atomic E-state index is 11.2. The normalized spacial score (nSPS) is 23.0. The van der Waals surface area contributed by atoms with Crippen molar-refractivity contribution < 1.29 is 14.3 Å². The lowest BCUT2D eigenvalue weighted by Crippen LogP contribution is -2.51. The zero-order chi connectivity index (χ0) is 9.68. The van der Waals surface area contributed by atoms with Gasteiger partial charge in [0.1, 0.15) is 0 Å². The number of hydrogen-bond donors (Lipinski definition) is 2. The van der Waals surface area contributed by atoms with Crippen LogP contribution in [0.25, 0.3) is 0 Å². The molecule has 1 heterocycles. The van der Waals surface area contributed by atoms with Gasteiger partial charge < -0.3 is 10.1 Å². The van der Waals surface area contributed by atoms with Crippen LogP contribution in [0.5, 0.6) is 0 Å². The van der Waals surface area contributed by atoms with E-state index in [-0.39, 0.29) is 17.9 Å². The number of nitrogens with one attached hydrogen (secondary N) is 2. The van der Waals surface area contributed by atoms with Gasteiger partial charge in [0.05, 0.1) is 12.6 Å². The number of rotatable bonds is 4. The Balaban J connectivity index is 2.26. The van der Waals surface area contributed by atoms with Crippen LogP contribution in [0, 0.1) is 0 Å². The van der Waals surface area contributed by atoms with Crippen molar-refractivity contribution >= 4 is 11.8 Å². The van der Waals surface area contributed by atoms with E-state index in [1.54, 1.807) is 7.11 Å². The molecule has 0 saturated carbocycles. The molecule has 1 fully saturated rings. The maximum absolute atomic E-state index is 11.2. The first kappa shape index (κ1) is 10.1. The van der Waals surface area contributed by atoms with Crippen LogP contribution < -0.4 is 10.6 Å². The summed E-state index contributed by atoms with van der Waals surface area (Å²) in [7, 11) is 1.60. The molecule has 0 radical (unpaired) electrons. The minimum atomic E-state index is -0.243. The molecule has 0 spiro atoms. The summed E-state index contributed by atoms with van der Waals surface area (Å²) in [5.41, 5.74) is 0. The van der Waals surface area contributed by atoms with Crippen molar-refractivity contribution in [3.8, 4) is 0 Å². The summed E-state index contributed by atoms with van der Waals surface area (Å²) in [5, 5.41) is 5.28. The largest absolute Gasteiger partial charge is 0.383 e. The van der Waals surface area contributed by atoms with E-state index < -0.39 is 0 Å². The summed E-state index contributed by atoms with van der Waals surface area (Å²) in [5.74, 6) is -0.415. The molecule has 1 saturated heterocycles. The van der Waals surface area contributed by atoms with Crippen LogP contribution in [-0.4, -0.2) is 38.1 Å². The highest BCUT2D eigenvalue weighted by Crippen LogP contribution is 2.03. The second-order valence-corrected chi connectivity index (χ2v) is 2.95. The summed E-state index contributed by atoms with van der Waals surface area (Å²) < 4.78 is 4.83. The Morgan fingerprint density at radius 1 is 1.62 bits per heavy atom. The highest BCUT2D eigenvalue weighted by molar-refractivity contribution is 6.00. The predicted octanol–water partition coefficient (Wildman–Crippen LogP) is -0.972. The van der Waals surface area contributed by atoms with E-state index in [9.17, 15) is 9.59 Å². The van der Waals surface area contributed by atoms with Crippen molar-refractivity contribution in [2.24, 2.45) is 0 Å². The van der Waals surface area contributed by atoms with Gasteiger partial charge >= 0.3 is 0 Å². The molecule has 0 aromatic rings. The lowest BCUT2D eigenvalue weighted by atomic mass is 10.1. The van der Waals surface area contributed by atoms with Crippen molar-refractivity contribution in [2.45, 2.75) is 18.9 Å². The van der Waals surface area contributed by atoms with Gasteiger partial charge in [0.2, 0.25) is 11.8 Å². The standard InChI is InChI=1S/C8H14N2O3/c1-13-5-4-9-6-2-3-7(11)10-8(6)12/h6,9H,2-5H2,1H3,(H,10,11,12). The smallest absolute Gasteiger partial charge is 0.243 e. The minimum Gasteiger partial charge on any atom is -0.383 e. The summed E-state index contributed by atoms with van der Waals surface area (Å²) in [4.78, 5) is 21.9. The van der Waals surface area contributed by atoms with Gasteiger partial charge in [0.25, 0.3) is 0 Å². The zero-order valence-corrected chi connectivity index (χ0v) is 7.63. The molecule has 2 amide bonds. The van der Waals surface area contributed by atoms with Gasteiger partial charge in [-0.05, 0) is 6.42 Å². The van der Waals surface area contributed by atoms with E-state index >= 15 is 0 Å². The molecule has 1 unspecified atom stereocenters. The van der Waals surface area contributed by atoms with Gasteiger partial charge in [-0.3, -0.25) is 14.9 Å². The van der Waals surface area contributed by atoms with Crippen LogP contribution in [0.1, 0.15) is 12.8 Å². The van der Waals surface area contributed by atoms with Crippen LogP contribution in [0.3, 0.4) is 0 Å². The van der Waals surface area contributed by atoms with E-state index in [1.807, 2.05) is 0 Å². The maximum Gasteiger partial charge on any atom is 0.243 e. The van der Waals surface area contributed by atoms with Crippen molar-refractivity contribution in [1.29, 1.82) is 0 Å². The quantitative estimate of drug-likeness (QED) is 0.438. The SMILES string of the molecule is COCCNC1CCC(=O)NC1=O. The van der Waals surface area contributed by atoms with E-state index in [1.165, 1.54) is 0 Å². The van der Waals surface area contributed by atoms with E-state index in [2.05, 4.69) is 10.6 Å². The molecule has 0 aromatic heterocycles. The Bertz CT molecular complexity index is 206. The van der Waals surface area contributed by atoms with Gasteiger partial charge in [-0.15, -0.1) is 0 Å². The number of amides is 2. The lowest BCUT2D eigenvalue weighted by molar-refractivity contribution is -0.134. The van der Waals surface area contributed by atoms with Crippen LogP contribution in [0.2, 0.25) is 0 Å². The van der Waals surface area contributed by atoms with E-state index in [0.29, 0.717) is 26.0 Å². The Labute approximate surface area is 76.8 Å². The fourth-order valence-electron chi connectivity index (χ4n) is 1.22. The van der Waals surface area contributed by atoms with Gasteiger partial charge in [-0.1, -0.05) is 0 Å². The molecular weight excluding hydrogens is 172 g/mol. The summed E-state index contributed by atoms with van der Waals surface area (Å²) in [6, 6.07) is -0.243. The summed E-state index contributed by atoms with van der Waals surface area (Å²) in [6.45, 7) is 1.19. The molecule has 1 aliphatic rings. The molecule has 1 rings (SSSR count). The Morgan fingerprint density at radius 3 is 3.00 bits per heavy atom. The average molecular weight is 186 g/mol. The average Bonchev–Trinajstić information content (AvgIpc) is 2.09. The fourth-order valence-corrected chi connectivity index (χ4v) is 1.22. The van der Waals surface area contributed by atoms with Crippen LogP contribution in [0.15, 0.2) is 0 Å². The third-order valence-electron chi connectivity index (χ3n) is 1.94. The van der Waals surface area contributed by atoms with Crippen LogP contribution >= 0.6 is 0 Å². The van der Waals surface area contributed by atoms with Gasteiger partial charge in [-0.2, -0.15) is 0 Å². The predicted molar refractivity (Wildman–Crippen MR) is 46.1 cm³/mol. The lowest BCUT2D eigenvalue weighted by Gasteiger charge is -2.21. The molecule has 13 heavy (non-hydrogen) atoms. The first-order valence-corrected chi connectivity index (χ1v) is 4.30. The molecular formula is C8H14N2O3. The van der Waals surface area contributed by atoms with Gasteiger partial charge in [0, 0.05) is 20.1 Å². The highest BCUT2D eigenvalue weighted by Gasteiger charge is 2.25. The Kier molecular flexibility index (Phi) is 3.85. The topological polar surface area (TPSA) is 67.4 Å². The zero-order valence-electron chi connectivity index (χ0n) is 7.63. The number of methoxy groups -OCH3 is 1. The third-order valence-corrected chi connectivity index (χ3v) is 1.94. The third kappa shape index (κ3) is 3.12. The molecule has 1 atom stereocenters. The second-order valence-electron chi connectivity index (χ2n) is 2.95. The van der Waals surface area contributed by atoms with E-state index in [0.717, 1.165) is 0 Å². The summed E-state index contributed by atoms with van der Waals surface area (Å²) in [6.07, 6.45) is 0.991. The van der Waals surface area contributed by atoms with Crippen molar-refractivity contribution in [3.63, 3.8) is 0 Å². The van der Waals surface area contributed by atoms with Crippen LogP contribution in [-0.2, 0) is 14.3 Å². The van der Waals surface area contributed by atoms with Crippen LogP contribution in [0.4, 0.5) is 0 Å². The number of carbonyl (C=O) groups excluding carboxylic acids is 2. The molecule has 0 aromatic carbocycles. The minimum absolute atomic E-state index is 0.185. The van der Waals surface area contributed by atoms with Crippen molar-refractivity contribution in [3.05, 3.63) is 0 Å². The first-order valence-electron chi connectivity index (χ1n) is 4.30. The molecule has 2 N–H and O–H groups in total. The van der Waals surface area contributed by atoms with Gasteiger partial charge in [-0.25, -0.2) is 0 Å². The molecule has 1 aliphatic heterocycles. The molecule has 0 aliphatic carbocycles. The van der Waals surface area contributed by atoms with Crippen molar-refractivity contribution in [1.82, 2.24) is 10.6 Å². The first-order chi connectivity index (χ1) is 6.24. The number of piperidine rings is 1.